The molecular weight excluding hydrogens is 429 g/mol. The number of imide groups is 1. The maximum Gasteiger partial charge on any atom is 0.355 e. The number of hydrazone groups is 1. The fourth-order valence-electron chi connectivity index (χ4n) is 3.77. The number of anilines is 1. The summed E-state index contributed by atoms with van der Waals surface area (Å²) >= 11 is 12.1. The third-order valence-electron chi connectivity index (χ3n) is 5.22. The van der Waals surface area contributed by atoms with Crippen molar-refractivity contribution in [3.63, 3.8) is 0 Å². The van der Waals surface area contributed by atoms with Crippen LogP contribution in [0.4, 0.5) is 5.69 Å². The molecule has 0 saturated carbocycles. The van der Waals surface area contributed by atoms with E-state index in [1.807, 2.05) is 19.1 Å². The van der Waals surface area contributed by atoms with Crippen LogP contribution >= 0.6 is 23.2 Å². The van der Waals surface area contributed by atoms with Gasteiger partial charge >= 0.3 is 5.97 Å². The molecule has 30 heavy (non-hydrogen) atoms. The molecule has 9 heteroatoms. The van der Waals surface area contributed by atoms with Gasteiger partial charge in [0, 0.05) is 0 Å². The Hall–Kier alpha value is -2.90. The number of hydrogen-bond acceptors (Lipinski definition) is 6. The zero-order valence-electron chi connectivity index (χ0n) is 16.1. The number of amides is 2. The first kappa shape index (κ1) is 20.4. The zero-order valence-corrected chi connectivity index (χ0v) is 17.6. The Labute approximate surface area is 182 Å². The summed E-state index contributed by atoms with van der Waals surface area (Å²) in [4.78, 5) is 40.6. The molecule has 0 spiro atoms. The first-order chi connectivity index (χ1) is 14.3. The van der Waals surface area contributed by atoms with Crippen molar-refractivity contribution in [3.05, 3.63) is 63.6 Å². The van der Waals surface area contributed by atoms with E-state index in [1.165, 1.54) is 18.2 Å². The Morgan fingerprint density at radius 2 is 1.87 bits per heavy atom. The Balaban J connectivity index is 1.87. The number of benzene rings is 2. The molecule has 2 aromatic carbocycles. The summed E-state index contributed by atoms with van der Waals surface area (Å²) in [5, 5.41) is 4.54. The van der Waals surface area contributed by atoms with Crippen LogP contribution in [0.5, 0.6) is 0 Å². The van der Waals surface area contributed by atoms with Crippen LogP contribution < -0.4 is 10.3 Å². The van der Waals surface area contributed by atoms with Gasteiger partial charge in [0.25, 0.3) is 5.91 Å². The molecule has 1 fully saturated rings. The lowest BCUT2D eigenvalue weighted by atomic mass is 9.78. The van der Waals surface area contributed by atoms with Gasteiger partial charge in [-0.3, -0.25) is 15.0 Å². The van der Waals surface area contributed by atoms with Gasteiger partial charge in [0.1, 0.15) is 5.92 Å². The molecule has 7 nitrogen and oxygen atoms in total. The number of aryl methyl sites for hydroxylation is 1. The summed E-state index contributed by atoms with van der Waals surface area (Å²) in [7, 11) is 0. The van der Waals surface area contributed by atoms with Crippen LogP contribution in [0.25, 0.3) is 0 Å². The van der Waals surface area contributed by atoms with Gasteiger partial charge in [-0.15, -0.1) is 0 Å². The first-order valence-electron chi connectivity index (χ1n) is 9.23. The maximum atomic E-state index is 13.7. The van der Waals surface area contributed by atoms with E-state index in [4.69, 9.17) is 27.9 Å². The predicted octanol–water partition coefficient (Wildman–Crippen LogP) is 3.21. The molecule has 0 radical (unpaired) electrons. The second kappa shape index (κ2) is 7.41. The molecule has 1 N–H and O–H groups in total. The number of rotatable bonds is 4. The van der Waals surface area contributed by atoms with Gasteiger partial charge in [-0.1, -0.05) is 53.0 Å². The minimum Gasteiger partial charge on any atom is -0.461 e. The fourth-order valence-corrected chi connectivity index (χ4v) is 4.06. The maximum absolute atomic E-state index is 13.7. The highest BCUT2D eigenvalue weighted by molar-refractivity contribution is 6.47. The van der Waals surface area contributed by atoms with Crippen molar-refractivity contribution in [1.82, 2.24) is 5.43 Å². The van der Waals surface area contributed by atoms with Gasteiger partial charge in [-0.25, -0.2) is 9.69 Å². The summed E-state index contributed by atoms with van der Waals surface area (Å²) < 4.78 is 5.06. The summed E-state index contributed by atoms with van der Waals surface area (Å²) in [5.74, 6) is -3.10. The summed E-state index contributed by atoms with van der Waals surface area (Å²) in [6.07, 6.45) is 0. The average Bonchev–Trinajstić information content (AvgIpc) is 3.21. The van der Waals surface area contributed by atoms with Gasteiger partial charge in [-0.05, 0) is 37.6 Å². The number of ether oxygens (including phenoxy) is 1. The molecular formula is C21H17Cl2N3O4. The molecule has 2 aromatic rings. The van der Waals surface area contributed by atoms with Crippen LogP contribution in [0, 0.1) is 12.8 Å². The van der Waals surface area contributed by atoms with Gasteiger partial charge in [0.05, 0.1) is 22.3 Å². The molecule has 2 aliphatic heterocycles. The zero-order chi connectivity index (χ0) is 21.6. The van der Waals surface area contributed by atoms with Crippen LogP contribution in [-0.4, -0.2) is 30.1 Å². The highest BCUT2D eigenvalue weighted by Crippen LogP contribution is 2.45. The second-order valence-electron chi connectivity index (χ2n) is 7.01. The number of fused-ring (bicyclic) bond motifs is 1. The van der Waals surface area contributed by atoms with E-state index in [0.717, 1.165) is 10.5 Å². The summed E-state index contributed by atoms with van der Waals surface area (Å²) in [5.41, 5.74) is 2.83. The largest absolute Gasteiger partial charge is 0.461 e. The Morgan fingerprint density at radius 1 is 1.17 bits per heavy atom. The standard InChI is InChI=1S/C21H17Cl2N3O4/c1-3-30-19(28)17-16-18(27)26(13-8-9-14(22)15(23)10-13)20(29)21(16,25-24-17)12-6-4-11(2)5-7-12/h4-10,16,25H,3H2,1-2H3/t16-,21-/m1/s1. The lowest BCUT2D eigenvalue weighted by Gasteiger charge is -2.26. The third kappa shape index (κ3) is 2.88. The number of nitrogens with zero attached hydrogens (tertiary/aromatic N) is 2. The van der Waals surface area contributed by atoms with Gasteiger partial charge in [0.15, 0.2) is 11.3 Å². The molecule has 1 saturated heterocycles. The van der Waals surface area contributed by atoms with Crippen LogP contribution in [0.15, 0.2) is 47.6 Å². The number of carbonyl (C=O) groups excluding carboxylic acids is 3. The SMILES string of the molecule is CCOC(=O)C1=NN[C@@]2(c3ccc(C)cc3)C(=O)N(c3ccc(Cl)c(Cl)c3)C(=O)[C@@H]12. The monoisotopic (exact) mass is 445 g/mol. The molecule has 0 unspecified atom stereocenters. The first-order valence-corrected chi connectivity index (χ1v) is 9.99. The molecule has 2 amide bonds. The number of halogens is 2. The normalized spacial score (nSPS) is 22.6. The molecule has 0 aromatic heterocycles. The van der Waals surface area contributed by atoms with Crippen molar-refractivity contribution in [2.24, 2.45) is 11.0 Å². The fraction of sp³-hybridized carbons (Fsp3) is 0.238. The van der Waals surface area contributed by atoms with Crippen molar-refractivity contribution in [2.75, 3.05) is 11.5 Å². The molecule has 4 rings (SSSR count). The third-order valence-corrected chi connectivity index (χ3v) is 5.96. The van der Waals surface area contributed by atoms with Gasteiger partial charge in [0.2, 0.25) is 5.91 Å². The summed E-state index contributed by atoms with van der Waals surface area (Å²) in [6.45, 7) is 3.67. The topological polar surface area (TPSA) is 88.1 Å². The van der Waals surface area contributed by atoms with E-state index < -0.39 is 29.2 Å². The molecule has 2 atom stereocenters. The van der Waals surface area contributed by atoms with Crippen molar-refractivity contribution >= 4 is 52.4 Å². The van der Waals surface area contributed by atoms with Crippen LogP contribution in [0.2, 0.25) is 10.0 Å². The van der Waals surface area contributed by atoms with Gasteiger partial charge < -0.3 is 4.74 Å². The lowest BCUT2D eigenvalue weighted by molar-refractivity contribution is -0.136. The minimum absolute atomic E-state index is 0.112. The number of hydrogen-bond donors (Lipinski definition) is 1. The Morgan fingerprint density at radius 3 is 2.50 bits per heavy atom. The van der Waals surface area contributed by atoms with Crippen molar-refractivity contribution in [2.45, 2.75) is 19.4 Å². The van der Waals surface area contributed by atoms with Crippen molar-refractivity contribution in [1.29, 1.82) is 0 Å². The number of carbonyl (C=O) groups is 3. The van der Waals surface area contributed by atoms with Crippen molar-refractivity contribution < 1.29 is 19.1 Å². The molecule has 0 bridgehead atoms. The van der Waals surface area contributed by atoms with Crippen molar-refractivity contribution in [3.8, 4) is 0 Å². The number of esters is 1. The second-order valence-corrected chi connectivity index (χ2v) is 7.83. The Bertz CT molecular complexity index is 1100. The van der Waals surface area contributed by atoms with E-state index in [2.05, 4.69) is 10.5 Å². The minimum atomic E-state index is -1.56. The predicted molar refractivity (Wildman–Crippen MR) is 113 cm³/mol. The highest BCUT2D eigenvalue weighted by Gasteiger charge is 2.67. The Kier molecular flexibility index (Phi) is 5.03. The average molecular weight is 446 g/mol. The van der Waals surface area contributed by atoms with E-state index in [-0.39, 0.29) is 23.0 Å². The van der Waals surface area contributed by atoms with Crippen LogP contribution in [0.1, 0.15) is 18.1 Å². The van der Waals surface area contributed by atoms with E-state index >= 15 is 0 Å². The molecule has 0 aliphatic carbocycles. The van der Waals surface area contributed by atoms with E-state index in [9.17, 15) is 14.4 Å². The number of nitrogens with one attached hydrogen (secondary N) is 1. The quantitative estimate of drug-likeness (QED) is 0.576. The smallest absolute Gasteiger partial charge is 0.355 e. The lowest BCUT2D eigenvalue weighted by Crippen LogP contribution is -2.48. The van der Waals surface area contributed by atoms with Gasteiger partial charge in [-0.2, -0.15) is 5.10 Å². The molecule has 2 aliphatic rings. The van der Waals surface area contributed by atoms with Crippen LogP contribution in [-0.2, 0) is 24.7 Å². The van der Waals surface area contributed by atoms with E-state index in [1.54, 1.807) is 19.1 Å². The van der Waals surface area contributed by atoms with Crippen LogP contribution in [0.3, 0.4) is 0 Å². The molecule has 2 heterocycles. The molecule has 154 valence electrons. The highest BCUT2D eigenvalue weighted by atomic mass is 35.5. The summed E-state index contributed by atoms with van der Waals surface area (Å²) in [6, 6.07) is 11.6. The van der Waals surface area contributed by atoms with E-state index in [0.29, 0.717) is 10.6 Å².